The minimum atomic E-state index is -0.695. The maximum absolute atomic E-state index is 12.0. The Morgan fingerprint density at radius 2 is 1.81 bits per heavy atom. The number of ether oxygens (including phenoxy) is 1. The van der Waals surface area contributed by atoms with Crippen molar-refractivity contribution < 1.29 is 14.6 Å². The highest BCUT2D eigenvalue weighted by Crippen LogP contribution is 2.40. The third kappa shape index (κ3) is 4.57. The molecule has 0 radical (unpaired) electrons. The number of aromatic amines is 1. The number of fused-ring (bicyclic) bond motifs is 1. The summed E-state index contributed by atoms with van der Waals surface area (Å²) in [6.07, 6.45) is 0. The fraction of sp³-hybridized carbons (Fsp3) is 0.0625. The molecule has 140 valence electrons. The van der Waals surface area contributed by atoms with E-state index in [1.807, 2.05) is 0 Å². The molecule has 0 unspecified atom stereocenters. The second-order valence-corrected chi connectivity index (χ2v) is 8.23. The van der Waals surface area contributed by atoms with E-state index in [0.29, 0.717) is 20.4 Å². The average molecular weight is 556 g/mol. The van der Waals surface area contributed by atoms with E-state index in [0.717, 1.165) is 4.47 Å². The monoisotopic (exact) mass is 553 g/mol. The Kier molecular flexibility index (Phi) is 6.32. The summed E-state index contributed by atoms with van der Waals surface area (Å²) in [5.74, 6) is -0.793. The first kappa shape index (κ1) is 20.4. The number of aromatic hydroxyl groups is 1. The first-order valence-electron chi connectivity index (χ1n) is 7.18. The number of rotatable bonds is 4. The van der Waals surface area contributed by atoms with Gasteiger partial charge in [0.1, 0.15) is 0 Å². The zero-order chi connectivity index (χ0) is 19.7. The third-order valence-electron chi connectivity index (χ3n) is 3.34. The van der Waals surface area contributed by atoms with Gasteiger partial charge in [-0.05, 0) is 40.2 Å². The summed E-state index contributed by atoms with van der Waals surface area (Å²) in [5.41, 5.74) is 0.746. The Bertz CT molecular complexity index is 1060. The standard InChI is InChI=1S/C16H8Br2Cl3N3O3/c17-6-1-8-13(9(18)2-6)22-16(26)14(8)24-23-12(25)5-27-15-10(20)3-7(19)4-11(15)21/h1-4,22,26H,5H2. The van der Waals surface area contributed by atoms with E-state index >= 15 is 0 Å². The number of nitrogens with zero attached hydrogens (tertiary/aromatic N) is 2. The Labute approximate surface area is 184 Å². The molecule has 3 aromatic rings. The molecule has 0 bridgehead atoms. The molecule has 1 heterocycles. The van der Waals surface area contributed by atoms with Crippen LogP contribution in [-0.2, 0) is 4.79 Å². The van der Waals surface area contributed by atoms with Gasteiger partial charge < -0.3 is 14.8 Å². The molecule has 0 aliphatic carbocycles. The first-order chi connectivity index (χ1) is 12.8. The Morgan fingerprint density at radius 3 is 2.48 bits per heavy atom. The van der Waals surface area contributed by atoms with Gasteiger partial charge in [0.05, 0.1) is 15.6 Å². The molecule has 0 fully saturated rings. The smallest absolute Gasteiger partial charge is 0.302 e. The van der Waals surface area contributed by atoms with Gasteiger partial charge in [0, 0.05) is 19.4 Å². The number of H-pyrrole nitrogens is 1. The van der Waals surface area contributed by atoms with Gasteiger partial charge in [0.25, 0.3) is 0 Å². The lowest BCUT2D eigenvalue weighted by atomic mass is 10.2. The topological polar surface area (TPSA) is 87.0 Å². The molecule has 0 spiro atoms. The molecule has 2 N–H and O–H groups in total. The van der Waals surface area contributed by atoms with E-state index < -0.39 is 12.5 Å². The van der Waals surface area contributed by atoms with E-state index in [4.69, 9.17) is 39.5 Å². The van der Waals surface area contributed by atoms with Crippen LogP contribution in [0.5, 0.6) is 11.6 Å². The molecule has 1 aromatic heterocycles. The SMILES string of the molecule is O=C(COc1c(Cl)cc(Cl)cc1Cl)N=Nc1c(O)[nH]c2c(Br)cc(Br)cc12. The van der Waals surface area contributed by atoms with Crippen LogP contribution < -0.4 is 4.74 Å². The van der Waals surface area contributed by atoms with Crippen LogP contribution in [0.15, 0.2) is 43.4 Å². The number of azo groups is 1. The van der Waals surface area contributed by atoms with Gasteiger partial charge in [0.15, 0.2) is 18.0 Å². The highest BCUT2D eigenvalue weighted by Gasteiger charge is 2.15. The number of carbonyl (C=O) groups is 1. The summed E-state index contributed by atoms with van der Waals surface area (Å²) < 4.78 is 6.78. The minimum Gasteiger partial charge on any atom is -0.493 e. The summed E-state index contributed by atoms with van der Waals surface area (Å²) in [6.45, 7) is -0.443. The average Bonchev–Trinajstić information content (AvgIpc) is 2.88. The van der Waals surface area contributed by atoms with Crippen LogP contribution in [0.1, 0.15) is 0 Å². The van der Waals surface area contributed by atoms with Gasteiger partial charge in [-0.1, -0.05) is 50.7 Å². The number of nitrogens with one attached hydrogen (secondary N) is 1. The molecule has 1 amide bonds. The summed E-state index contributed by atoms with van der Waals surface area (Å²) >= 11 is 24.5. The zero-order valence-corrected chi connectivity index (χ0v) is 18.5. The van der Waals surface area contributed by atoms with E-state index in [2.05, 4.69) is 47.1 Å². The molecule has 0 saturated carbocycles. The summed E-state index contributed by atoms with van der Waals surface area (Å²) in [4.78, 5) is 14.7. The second kappa shape index (κ2) is 8.36. The predicted molar refractivity (Wildman–Crippen MR) is 112 cm³/mol. The molecule has 11 heteroatoms. The maximum atomic E-state index is 12.0. The van der Waals surface area contributed by atoms with Crippen LogP contribution in [0.25, 0.3) is 10.9 Å². The molecule has 27 heavy (non-hydrogen) atoms. The molecule has 3 rings (SSSR count). The second-order valence-electron chi connectivity index (χ2n) is 5.21. The van der Waals surface area contributed by atoms with E-state index in [1.54, 1.807) is 12.1 Å². The largest absolute Gasteiger partial charge is 0.493 e. The quantitative estimate of drug-likeness (QED) is 0.338. The normalized spacial score (nSPS) is 11.4. The van der Waals surface area contributed by atoms with Crippen LogP contribution in [0.4, 0.5) is 5.69 Å². The van der Waals surface area contributed by atoms with Gasteiger partial charge in [-0.15, -0.1) is 10.2 Å². The van der Waals surface area contributed by atoms with Gasteiger partial charge in [0.2, 0.25) is 5.88 Å². The van der Waals surface area contributed by atoms with Crippen LogP contribution in [-0.4, -0.2) is 22.6 Å². The number of hydrogen-bond donors (Lipinski definition) is 2. The van der Waals surface area contributed by atoms with E-state index in [9.17, 15) is 9.90 Å². The summed E-state index contributed by atoms with van der Waals surface area (Å²) in [5, 5.41) is 18.7. The fourth-order valence-corrected chi connectivity index (χ4v) is 4.48. The number of benzene rings is 2. The Hall–Kier alpha value is -1.32. The van der Waals surface area contributed by atoms with E-state index in [1.165, 1.54) is 12.1 Å². The van der Waals surface area contributed by atoms with Crippen molar-refractivity contribution in [3.05, 3.63) is 48.3 Å². The number of halogens is 5. The zero-order valence-electron chi connectivity index (χ0n) is 13.1. The lowest BCUT2D eigenvalue weighted by Crippen LogP contribution is -2.08. The van der Waals surface area contributed by atoms with Crippen LogP contribution >= 0.6 is 66.7 Å². The lowest BCUT2D eigenvalue weighted by molar-refractivity contribution is -0.120. The van der Waals surface area contributed by atoms with Gasteiger partial charge in [-0.2, -0.15) is 0 Å². The molecular weight excluding hydrogens is 548 g/mol. The highest BCUT2D eigenvalue weighted by molar-refractivity contribution is 9.11. The maximum Gasteiger partial charge on any atom is 0.302 e. The number of carbonyl (C=O) groups excluding carboxylic acids is 1. The van der Waals surface area contributed by atoms with Crippen molar-refractivity contribution in [3.8, 4) is 11.6 Å². The first-order valence-corrected chi connectivity index (χ1v) is 9.90. The number of amides is 1. The molecule has 2 aromatic carbocycles. The van der Waals surface area contributed by atoms with Crippen LogP contribution in [0.3, 0.4) is 0 Å². The lowest BCUT2D eigenvalue weighted by Gasteiger charge is -2.08. The fourth-order valence-electron chi connectivity index (χ4n) is 2.23. The third-order valence-corrected chi connectivity index (χ3v) is 5.21. The predicted octanol–water partition coefficient (Wildman–Crippen LogP) is 7.05. The Balaban J connectivity index is 1.78. The van der Waals surface area contributed by atoms with Gasteiger partial charge in [-0.25, -0.2) is 0 Å². The van der Waals surface area contributed by atoms with Crippen LogP contribution in [0.2, 0.25) is 15.1 Å². The van der Waals surface area contributed by atoms with Crippen molar-refractivity contribution in [1.82, 2.24) is 4.98 Å². The van der Waals surface area contributed by atoms with Crippen LogP contribution in [0, 0.1) is 0 Å². The summed E-state index contributed by atoms with van der Waals surface area (Å²) in [6, 6.07) is 6.42. The molecule has 0 aliphatic heterocycles. The molecule has 6 nitrogen and oxygen atoms in total. The van der Waals surface area contributed by atoms with Crippen molar-refractivity contribution >= 4 is 89.2 Å². The van der Waals surface area contributed by atoms with Crippen molar-refractivity contribution in [1.29, 1.82) is 0 Å². The van der Waals surface area contributed by atoms with Gasteiger partial charge in [-0.3, -0.25) is 4.79 Å². The molecule has 0 saturated heterocycles. The molecule has 0 atom stereocenters. The molecular formula is C16H8Br2Cl3N3O3. The van der Waals surface area contributed by atoms with Crippen molar-refractivity contribution in [2.45, 2.75) is 0 Å². The van der Waals surface area contributed by atoms with Crippen molar-refractivity contribution in [2.24, 2.45) is 10.2 Å². The van der Waals surface area contributed by atoms with Crippen molar-refractivity contribution in [2.75, 3.05) is 6.61 Å². The van der Waals surface area contributed by atoms with E-state index in [-0.39, 0.29) is 27.4 Å². The minimum absolute atomic E-state index is 0.120. The number of hydrogen-bond acceptors (Lipinski definition) is 4. The molecule has 0 aliphatic rings. The Morgan fingerprint density at radius 1 is 1.15 bits per heavy atom. The summed E-state index contributed by atoms with van der Waals surface area (Å²) in [7, 11) is 0. The van der Waals surface area contributed by atoms with Gasteiger partial charge >= 0.3 is 5.91 Å². The van der Waals surface area contributed by atoms with Crippen molar-refractivity contribution in [3.63, 3.8) is 0 Å². The highest BCUT2D eigenvalue weighted by atomic mass is 79.9. The number of aromatic nitrogens is 1.